The van der Waals surface area contributed by atoms with Crippen molar-refractivity contribution in [1.82, 2.24) is 9.13 Å². The number of rotatable bonds is 8. The van der Waals surface area contributed by atoms with Gasteiger partial charge in [-0.25, -0.2) is 9.69 Å². The number of fused-ring (bicyclic) bond motifs is 6. The van der Waals surface area contributed by atoms with Gasteiger partial charge in [0, 0.05) is 31.3 Å². The van der Waals surface area contributed by atoms with Gasteiger partial charge in [-0.05, 0) is 117 Å². The van der Waals surface area contributed by atoms with Gasteiger partial charge >= 0.3 is 0 Å². The summed E-state index contributed by atoms with van der Waals surface area (Å²) in [5.74, 6) is 0. The van der Waals surface area contributed by atoms with E-state index in [1.165, 1.54) is 11.8 Å². The topological polar surface area (TPSA) is 66.2 Å². The van der Waals surface area contributed by atoms with E-state index in [0.717, 1.165) is 88.1 Å². The molecule has 7 heteroatoms. The quantitative estimate of drug-likeness (QED) is 0.143. The van der Waals surface area contributed by atoms with Crippen LogP contribution in [0.25, 0.3) is 109 Å². The molecule has 10 aromatic carbocycles. The second kappa shape index (κ2) is 17.6. The Morgan fingerprint density at radius 3 is 0.873 bits per heavy atom. The fourth-order valence-electron chi connectivity index (χ4n) is 10.0. The molecular formula is C64H36N6S. The minimum atomic E-state index is 0.308. The van der Waals surface area contributed by atoms with E-state index in [2.05, 4.69) is 143 Å². The normalized spacial score (nSPS) is 11.1. The molecule has 0 saturated heterocycles. The van der Waals surface area contributed by atoms with Gasteiger partial charge in [0.25, 0.3) is 0 Å². The Labute approximate surface area is 414 Å². The van der Waals surface area contributed by atoms with Crippen LogP contribution in [0.5, 0.6) is 0 Å². The molecule has 0 aliphatic rings. The van der Waals surface area contributed by atoms with Crippen LogP contribution in [-0.4, -0.2) is 9.13 Å². The summed E-state index contributed by atoms with van der Waals surface area (Å²) in [6.45, 7) is 17.1. The van der Waals surface area contributed by atoms with E-state index in [1.54, 1.807) is 12.1 Å². The van der Waals surface area contributed by atoms with Gasteiger partial charge in [0.1, 0.15) is 0 Å². The summed E-state index contributed by atoms with van der Waals surface area (Å²) in [4.78, 5) is 9.41. The molecule has 0 bridgehead atoms. The molecule has 328 valence electrons. The van der Waals surface area contributed by atoms with Crippen LogP contribution in [0, 0.1) is 35.8 Å². The van der Waals surface area contributed by atoms with Gasteiger partial charge in [-0.3, -0.25) is 0 Å². The fraction of sp³-hybridized carbons (Fsp3) is 0. The van der Waals surface area contributed by atoms with Crippen LogP contribution in [0.2, 0.25) is 0 Å². The van der Waals surface area contributed by atoms with Crippen LogP contribution in [0.15, 0.2) is 228 Å². The van der Waals surface area contributed by atoms with E-state index < -0.39 is 0 Å². The lowest BCUT2D eigenvalue weighted by Gasteiger charge is -2.16. The molecule has 0 fully saturated rings. The Hall–Kier alpha value is -9.89. The fourth-order valence-corrected chi connectivity index (χ4v) is 11.0. The average molecular weight is 921 g/mol. The lowest BCUT2D eigenvalue weighted by atomic mass is 10.0. The highest BCUT2D eigenvalue weighted by Crippen LogP contribution is 2.46. The number of aromatic nitrogens is 2. The second-order valence-electron chi connectivity index (χ2n) is 17.3. The zero-order chi connectivity index (χ0) is 48.0. The summed E-state index contributed by atoms with van der Waals surface area (Å²) >= 11 is 1.32. The standard InChI is InChI=1S/C64H36N6S/c1-67-57-37-51(31-49(39-65)63(57)69-59-27-23-45(41-15-7-3-8-16-41)33-53(59)54-34-46(24-28-60(54)69)42-17-9-4-10-18-42)71-52-32-50(40-66)64(58(38-52)68-2)70-61-29-25-47(43-19-11-5-12-20-43)35-55(61)56-36-48(26-30-62(56)70)44-21-13-6-14-22-44/h3-38H. The molecule has 0 unspecified atom stereocenters. The van der Waals surface area contributed by atoms with Crippen molar-refractivity contribution in [3.63, 3.8) is 0 Å². The Morgan fingerprint density at radius 1 is 0.338 bits per heavy atom. The largest absolute Gasteiger partial charge is 0.318 e. The number of nitrogens with zero attached hydrogens (tertiary/aromatic N) is 6. The molecule has 2 aromatic heterocycles. The molecule has 0 amide bonds. The van der Waals surface area contributed by atoms with Crippen LogP contribution in [0.1, 0.15) is 11.1 Å². The summed E-state index contributed by atoms with van der Waals surface area (Å²) in [6.07, 6.45) is 0. The molecule has 0 spiro atoms. The van der Waals surface area contributed by atoms with Gasteiger partial charge in [0.15, 0.2) is 0 Å². The third kappa shape index (κ3) is 7.36. The van der Waals surface area contributed by atoms with Crippen molar-refractivity contribution in [3.05, 3.63) is 252 Å². The molecule has 0 radical (unpaired) electrons. The van der Waals surface area contributed by atoms with E-state index in [9.17, 15) is 10.5 Å². The minimum absolute atomic E-state index is 0.308. The summed E-state index contributed by atoms with van der Waals surface area (Å²) in [7, 11) is 0. The molecule has 0 N–H and O–H groups in total. The summed E-state index contributed by atoms with van der Waals surface area (Å²) in [5, 5.41) is 25.9. The maximum absolute atomic E-state index is 10.9. The van der Waals surface area contributed by atoms with Crippen molar-refractivity contribution in [2.45, 2.75) is 9.79 Å². The van der Waals surface area contributed by atoms with E-state index in [0.29, 0.717) is 43.7 Å². The smallest absolute Gasteiger partial charge is 0.213 e. The third-order valence-electron chi connectivity index (χ3n) is 13.3. The first-order valence-corrected chi connectivity index (χ1v) is 23.8. The average Bonchev–Trinajstić information content (AvgIpc) is 3.94. The number of hydrogen-bond acceptors (Lipinski definition) is 3. The lowest BCUT2D eigenvalue weighted by Crippen LogP contribution is -1.99. The number of hydrogen-bond donors (Lipinski definition) is 0. The zero-order valence-electron chi connectivity index (χ0n) is 37.9. The predicted molar refractivity (Wildman–Crippen MR) is 289 cm³/mol. The van der Waals surface area contributed by atoms with Crippen molar-refractivity contribution in [3.8, 4) is 68.0 Å². The van der Waals surface area contributed by atoms with Gasteiger partial charge in [0.2, 0.25) is 11.4 Å². The second-order valence-corrected chi connectivity index (χ2v) is 18.4. The highest BCUT2D eigenvalue weighted by molar-refractivity contribution is 7.99. The molecular weight excluding hydrogens is 885 g/mol. The van der Waals surface area contributed by atoms with Crippen molar-refractivity contribution >= 4 is 66.7 Å². The molecule has 71 heavy (non-hydrogen) atoms. The number of benzene rings is 10. The van der Waals surface area contributed by atoms with Gasteiger partial charge in [-0.2, -0.15) is 10.5 Å². The monoisotopic (exact) mass is 920 g/mol. The Bertz CT molecular complexity index is 3740. The zero-order valence-corrected chi connectivity index (χ0v) is 38.7. The summed E-state index contributed by atoms with van der Waals surface area (Å²) in [6, 6.07) is 78.6. The van der Waals surface area contributed by atoms with E-state index in [1.807, 2.05) is 94.1 Å². The van der Waals surface area contributed by atoms with Crippen LogP contribution in [0.4, 0.5) is 11.4 Å². The first-order valence-electron chi connectivity index (χ1n) is 23.0. The Kier molecular flexibility index (Phi) is 10.6. The van der Waals surface area contributed by atoms with Gasteiger partial charge in [-0.1, -0.05) is 157 Å². The lowest BCUT2D eigenvalue weighted by molar-refractivity contribution is 1.16. The molecule has 2 heterocycles. The van der Waals surface area contributed by atoms with Gasteiger partial charge in [0.05, 0.1) is 69.9 Å². The van der Waals surface area contributed by atoms with Crippen molar-refractivity contribution in [2.24, 2.45) is 0 Å². The van der Waals surface area contributed by atoms with E-state index >= 15 is 0 Å². The van der Waals surface area contributed by atoms with Crippen molar-refractivity contribution in [2.75, 3.05) is 0 Å². The highest BCUT2D eigenvalue weighted by Gasteiger charge is 2.24. The SMILES string of the molecule is [C-]#[N+]c1cc(Sc2cc(C#N)c(-n3c4ccc(-c5ccccc5)cc4c4cc(-c5ccccc5)ccc43)c([N+]#[C-])c2)cc(C#N)c1-n1c2ccc(-c3ccccc3)cc2c2cc(-c3ccccc3)ccc21. The molecule has 0 saturated carbocycles. The third-order valence-corrected chi connectivity index (χ3v) is 14.2. The maximum atomic E-state index is 10.9. The van der Waals surface area contributed by atoms with Crippen LogP contribution >= 0.6 is 11.8 Å². The Morgan fingerprint density at radius 2 is 0.620 bits per heavy atom. The van der Waals surface area contributed by atoms with Crippen LogP contribution in [0.3, 0.4) is 0 Å². The molecule has 6 nitrogen and oxygen atoms in total. The van der Waals surface area contributed by atoms with E-state index in [-0.39, 0.29) is 0 Å². The predicted octanol–water partition coefficient (Wildman–Crippen LogP) is 17.5. The van der Waals surface area contributed by atoms with Crippen molar-refractivity contribution < 1.29 is 0 Å². The van der Waals surface area contributed by atoms with Gasteiger partial charge < -0.3 is 9.13 Å². The van der Waals surface area contributed by atoms with Crippen molar-refractivity contribution in [1.29, 1.82) is 10.5 Å². The number of nitriles is 2. The first kappa shape index (κ1) is 42.5. The molecule has 0 atom stereocenters. The molecule has 0 aliphatic heterocycles. The molecule has 12 aromatic rings. The van der Waals surface area contributed by atoms with E-state index in [4.69, 9.17) is 13.1 Å². The highest BCUT2D eigenvalue weighted by atomic mass is 32.2. The minimum Gasteiger partial charge on any atom is -0.318 e. The first-order chi connectivity index (χ1) is 35.0. The van der Waals surface area contributed by atoms with Crippen LogP contribution < -0.4 is 0 Å². The van der Waals surface area contributed by atoms with Gasteiger partial charge in [-0.15, -0.1) is 0 Å². The molecule has 12 rings (SSSR count). The van der Waals surface area contributed by atoms with Crippen LogP contribution in [-0.2, 0) is 0 Å². The molecule has 0 aliphatic carbocycles. The summed E-state index contributed by atoms with van der Waals surface area (Å²) in [5.41, 5.74) is 14.4. The summed E-state index contributed by atoms with van der Waals surface area (Å²) < 4.78 is 4.09. The maximum Gasteiger partial charge on any atom is 0.213 e. The Balaban J connectivity index is 0.988.